The highest BCUT2D eigenvalue weighted by molar-refractivity contribution is 6.71. The number of aliphatic hydroxyl groups is 1. The number of rotatable bonds is 9. The summed E-state index contributed by atoms with van der Waals surface area (Å²) in [5, 5.41) is 20.6. The fraction of sp³-hybridized carbons (Fsp3) is 0.484. The Kier molecular flexibility index (Phi) is 7.98. The Hall–Kier alpha value is -3.42. The highest BCUT2D eigenvalue weighted by atomic mass is 28.4. The quantitative estimate of drug-likeness (QED) is 0.317. The van der Waals surface area contributed by atoms with Crippen molar-refractivity contribution in [2.45, 2.75) is 63.2 Å². The molecule has 0 bridgehead atoms. The van der Waals surface area contributed by atoms with E-state index >= 15 is 0 Å². The number of piperazine rings is 1. The zero-order valence-corrected chi connectivity index (χ0v) is 25.9. The first-order chi connectivity index (χ1) is 20.6. The maximum absolute atomic E-state index is 14.5. The summed E-state index contributed by atoms with van der Waals surface area (Å²) in [5.41, 5.74) is 2.80. The molecule has 228 valence electrons. The molecule has 4 heterocycles. The van der Waals surface area contributed by atoms with E-state index in [0.717, 1.165) is 34.7 Å². The van der Waals surface area contributed by atoms with Crippen LogP contribution < -0.4 is 15.1 Å². The predicted octanol–water partition coefficient (Wildman–Crippen LogP) is 2.18. The van der Waals surface area contributed by atoms with Gasteiger partial charge in [-0.1, -0.05) is 42.5 Å². The maximum atomic E-state index is 14.5. The van der Waals surface area contributed by atoms with Gasteiger partial charge < -0.3 is 29.8 Å². The number of hydrogen-bond acceptors (Lipinski definition) is 8. The number of carbonyl (C=O) groups excluding carboxylic acids is 2. The second-order valence-electron chi connectivity index (χ2n) is 12.4. The molecule has 6 rings (SSSR count). The fourth-order valence-corrected chi connectivity index (χ4v) is 9.84. The van der Waals surface area contributed by atoms with Crippen LogP contribution in [0.25, 0.3) is 0 Å². The topological polar surface area (TPSA) is 133 Å². The van der Waals surface area contributed by atoms with Gasteiger partial charge in [0, 0.05) is 61.6 Å². The van der Waals surface area contributed by atoms with E-state index in [4.69, 9.17) is 4.74 Å². The summed E-state index contributed by atoms with van der Waals surface area (Å²) in [6.45, 7) is 8.50. The van der Waals surface area contributed by atoms with E-state index in [1.807, 2.05) is 74.7 Å². The zero-order chi connectivity index (χ0) is 30.4. The lowest BCUT2D eigenvalue weighted by atomic mass is 9.82. The maximum Gasteiger partial charge on any atom is 0.264 e. The van der Waals surface area contributed by atoms with Crippen molar-refractivity contribution in [3.8, 4) is 0 Å². The Balaban J connectivity index is 1.27. The number of amides is 2. The van der Waals surface area contributed by atoms with Crippen molar-refractivity contribution in [2.75, 3.05) is 36.0 Å². The predicted molar refractivity (Wildman–Crippen MR) is 164 cm³/mol. The summed E-state index contributed by atoms with van der Waals surface area (Å²) in [4.78, 5) is 42.0. The monoisotopic (exact) mass is 604 g/mol. The number of hydrogen-bond donors (Lipinski definition) is 3. The van der Waals surface area contributed by atoms with Crippen molar-refractivity contribution in [3.05, 3.63) is 71.5 Å². The minimum absolute atomic E-state index is 0.00877. The van der Waals surface area contributed by atoms with E-state index in [2.05, 4.69) is 15.6 Å². The van der Waals surface area contributed by atoms with Gasteiger partial charge in [-0.2, -0.15) is 0 Å². The van der Waals surface area contributed by atoms with Gasteiger partial charge in [-0.05, 0) is 43.3 Å². The van der Waals surface area contributed by atoms with E-state index in [1.54, 1.807) is 14.5 Å². The first-order valence-corrected chi connectivity index (χ1v) is 18.1. The average molecular weight is 605 g/mol. The molecule has 3 N–H and O–H groups in total. The summed E-state index contributed by atoms with van der Waals surface area (Å²) in [5.74, 6) is -0.310. The summed E-state index contributed by atoms with van der Waals surface area (Å²) < 4.78 is 8.62. The Morgan fingerprint density at radius 1 is 1.14 bits per heavy atom. The van der Waals surface area contributed by atoms with Gasteiger partial charge in [0.25, 0.3) is 5.91 Å². The number of nitrogens with zero attached hydrogens (tertiary/aromatic N) is 5. The molecule has 0 aliphatic carbocycles. The van der Waals surface area contributed by atoms with Crippen LogP contribution in [0.1, 0.15) is 30.2 Å². The summed E-state index contributed by atoms with van der Waals surface area (Å²) in [6.07, 6.45) is 2.48. The molecule has 3 aliphatic heterocycles. The van der Waals surface area contributed by atoms with E-state index in [1.165, 1.54) is 0 Å². The number of aryl methyl sites for hydroxylation is 1. The number of anilines is 2. The van der Waals surface area contributed by atoms with Crippen molar-refractivity contribution >= 4 is 31.5 Å². The smallest absolute Gasteiger partial charge is 0.264 e. The van der Waals surface area contributed by atoms with Crippen LogP contribution in [0.5, 0.6) is 0 Å². The molecule has 0 saturated carbocycles. The molecule has 2 aromatic carbocycles. The Morgan fingerprint density at radius 2 is 1.91 bits per heavy atom. The Bertz CT molecular complexity index is 1490. The highest BCUT2D eigenvalue weighted by Gasteiger charge is 2.66. The molecule has 1 aromatic heterocycles. The second-order valence-corrected chi connectivity index (χ2v) is 16.4. The molecule has 2 saturated heterocycles. The van der Waals surface area contributed by atoms with Crippen LogP contribution in [0.4, 0.5) is 11.4 Å². The molecule has 0 unspecified atom stereocenters. The third kappa shape index (κ3) is 5.31. The number of aliphatic hydroxyl groups excluding tert-OH is 1. The number of benzene rings is 2. The third-order valence-corrected chi connectivity index (χ3v) is 11.7. The summed E-state index contributed by atoms with van der Waals surface area (Å²) in [7, 11) is -2.78. The number of fused-ring (bicyclic) bond motifs is 2. The number of aromatic nitrogens is 3. The molecule has 43 heavy (non-hydrogen) atoms. The molecule has 12 heteroatoms. The first-order valence-electron chi connectivity index (χ1n) is 15.0. The Labute approximate surface area is 252 Å². The van der Waals surface area contributed by atoms with Crippen molar-refractivity contribution in [3.63, 3.8) is 0 Å². The van der Waals surface area contributed by atoms with Gasteiger partial charge in [0.2, 0.25) is 5.91 Å². The fourth-order valence-electron chi connectivity index (χ4n) is 7.24. The van der Waals surface area contributed by atoms with E-state index in [0.29, 0.717) is 39.0 Å². The largest absolute Gasteiger partial charge is 0.432 e. The lowest BCUT2D eigenvalue weighted by Crippen LogP contribution is -2.48. The molecule has 3 aromatic rings. The molecular weight excluding hydrogens is 564 g/mol. The van der Waals surface area contributed by atoms with E-state index in [-0.39, 0.29) is 36.0 Å². The molecule has 2 amide bonds. The van der Waals surface area contributed by atoms with Crippen molar-refractivity contribution in [1.82, 2.24) is 20.3 Å². The van der Waals surface area contributed by atoms with Gasteiger partial charge in [-0.3, -0.25) is 14.3 Å². The van der Waals surface area contributed by atoms with Crippen LogP contribution in [-0.2, 0) is 39.4 Å². The van der Waals surface area contributed by atoms with Crippen molar-refractivity contribution < 1.29 is 24.2 Å². The van der Waals surface area contributed by atoms with Crippen LogP contribution in [0, 0.1) is 5.92 Å². The third-order valence-electron chi connectivity index (χ3n) is 9.17. The lowest BCUT2D eigenvalue weighted by Gasteiger charge is -2.32. The van der Waals surface area contributed by atoms with Gasteiger partial charge >= 0.3 is 0 Å². The normalized spacial score (nSPS) is 25.7. The molecule has 4 atom stereocenters. The van der Waals surface area contributed by atoms with Crippen LogP contribution in [0.2, 0.25) is 18.6 Å². The van der Waals surface area contributed by atoms with Gasteiger partial charge in [0.05, 0.1) is 30.6 Å². The second kappa shape index (κ2) is 11.6. The lowest BCUT2D eigenvalue weighted by molar-refractivity contribution is -0.146. The van der Waals surface area contributed by atoms with Gasteiger partial charge in [0.1, 0.15) is 0 Å². The van der Waals surface area contributed by atoms with Crippen molar-refractivity contribution in [1.29, 1.82) is 0 Å². The molecule has 2 fully saturated rings. The minimum Gasteiger partial charge on any atom is -0.432 e. The SMILES string of the molecule is C[C@@H]1[C@@H]([Si](C)(C)O)[C@H](CCn2cc(CCO)nn2)O[C@@]12C(=O)N(Cc1ccc(N3CCNCC3=O)cc1)c1ccccc12. The zero-order valence-electron chi connectivity index (χ0n) is 24.9. The Morgan fingerprint density at radius 3 is 2.63 bits per heavy atom. The molecule has 11 nitrogen and oxygen atoms in total. The van der Waals surface area contributed by atoms with Crippen LogP contribution >= 0.6 is 0 Å². The van der Waals surface area contributed by atoms with Gasteiger partial charge in [-0.15, -0.1) is 5.10 Å². The highest BCUT2D eigenvalue weighted by Crippen LogP contribution is 2.59. The van der Waals surface area contributed by atoms with Crippen LogP contribution in [-0.4, -0.2) is 77.4 Å². The van der Waals surface area contributed by atoms with E-state index < -0.39 is 13.9 Å². The number of para-hydroxylation sites is 1. The van der Waals surface area contributed by atoms with Crippen LogP contribution in [0.15, 0.2) is 54.7 Å². The first kappa shape index (κ1) is 29.6. The number of ether oxygens (including phenoxy) is 1. The van der Waals surface area contributed by atoms with Crippen molar-refractivity contribution in [2.24, 2.45) is 5.92 Å². The minimum atomic E-state index is -2.78. The molecule has 0 radical (unpaired) electrons. The molecule has 3 aliphatic rings. The van der Waals surface area contributed by atoms with E-state index in [9.17, 15) is 19.5 Å². The average Bonchev–Trinajstić information content (AvgIpc) is 3.63. The van der Waals surface area contributed by atoms with Crippen LogP contribution in [0.3, 0.4) is 0 Å². The van der Waals surface area contributed by atoms with Gasteiger partial charge in [0.15, 0.2) is 13.9 Å². The van der Waals surface area contributed by atoms with Gasteiger partial charge in [-0.25, -0.2) is 0 Å². The number of nitrogens with one attached hydrogen (secondary N) is 1. The standard InChI is InChI=1S/C31H40N6O5Si/c1-21-29(43(2,3)41)27(12-15-35-20-23(13-17-38)33-34-35)42-31(21)25-6-4-5-7-26(25)37(30(31)40)19-22-8-10-24(11-9-22)36-16-14-32-18-28(36)39/h4-11,20-21,27,29,32,38,41H,12-19H2,1-3H3/t21-,27+,29-,31+/m1/s1. The molecule has 1 spiro atoms. The summed E-state index contributed by atoms with van der Waals surface area (Å²) in [6, 6.07) is 15.7. The molecular formula is C31H40N6O5Si. The number of carbonyl (C=O) groups is 2. The summed E-state index contributed by atoms with van der Waals surface area (Å²) >= 11 is 0.